The summed E-state index contributed by atoms with van der Waals surface area (Å²) < 4.78 is 12.2. The minimum atomic E-state index is -1.51. The van der Waals surface area contributed by atoms with Gasteiger partial charge in [-0.1, -0.05) is 12.1 Å². The van der Waals surface area contributed by atoms with E-state index >= 15 is 0 Å². The third kappa shape index (κ3) is 15.7. The predicted octanol–water partition coefficient (Wildman–Crippen LogP) is -0.632. The fourth-order valence-corrected chi connectivity index (χ4v) is 0.745. The van der Waals surface area contributed by atoms with Crippen molar-refractivity contribution in [1.82, 2.24) is 0 Å². The number of hydrogen-bond donors (Lipinski definition) is 4. The van der Waals surface area contributed by atoms with E-state index in [1.165, 1.54) is 31.3 Å². The van der Waals surface area contributed by atoms with Gasteiger partial charge in [-0.25, -0.2) is 9.18 Å². The van der Waals surface area contributed by atoms with Gasteiger partial charge in [-0.05, 0) is 17.6 Å². The van der Waals surface area contributed by atoms with Crippen LogP contribution in [0.1, 0.15) is 6.92 Å². The Morgan fingerprint density at radius 2 is 1.60 bits per heavy atom. The molecule has 9 heteroatoms. The summed E-state index contributed by atoms with van der Waals surface area (Å²) in [5.41, 5.74) is 0.293. The zero-order valence-electron chi connectivity index (χ0n) is 10.9. The summed E-state index contributed by atoms with van der Waals surface area (Å²) in [5.74, 6) is -2.22. The van der Waals surface area contributed by atoms with E-state index in [4.69, 9.17) is 25.1 Å². The topological polar surface area (TPSA) is 127 Å². The van der Waals surface area contributed by atoms with E-state index in [9.17, 15) is 9.18 Å². The number of carboxylic acid groups (broad SMARTS) is 2. The standard InChI is InChI=1S/C6H6BFO2.C3H5NO2.C2H4O2/c8-6-3-1-5(2-4-6)7(9)10;1-4-2-3(5)6;1-2(3)4/h1-4,9-10H;2H,1H3,(H,5,6);1H3,(H,3,4). The van der Waals surface area contributed by atoms with Crippen LogP contribution in [-0.4, -0.2) is 52.6 Å². The number of carboxylic acids is 2. The third-order valence-electron chi connectivity index (χ3n) is 1.41. The first-order chi connectivity index (χ1) is 9.20. The van der Waals surface area contributed by atoms with E-state index in [2.05, 4.69) is 4.99 Å². The molecule has 0 saturated carbocycles. The minimum absolute atomic E-state index is 0.293. The number of nitrogens with zero attached hydrogens (tertiary/aromatic N) is 1. The van der Waals surface area contributed by atoms with E-state index in [1.54, 1.807) is 0 Å². The molecule has 0 spiro atoms. The quantitative estimate of drug-likeness (QED) is 0.423. The zero-order chi connectivity index (χ0) is 16.1. The molecule has 0 amide bonds. The van der Waals surface area contributed by atoms with Crippen LogP contribution in [0.15, 0.2) is 29.3 Å². The van der Waals surface area contributed by atoms with Crippen molar-refractivity contribution < 1.29 is 34.2 Å². The van der Waals surface area contributed by atoms with Gasteiger partial charge < -0.3 is 20.3 Å². The smallest absolute Gasteiger partial charge is 0.481 e. The van der Waals surface area contributed by atoms with Crippen LogP contribution in [0.3, 0.4) is 0 Å². The summed E-state index contributed by atoms with van der Waals surface area (Å²) in [7, 11) is -0.102. The number of aliphatic carboxylic acids is 2. The van der Waals surface area contributed by atoms with Gasteiger partial charge in [0.05, 0.1) is 0 Å². The molecule has 1 aromatic rings. The lowest BCUT2D eigenvalue weighted by atomic mass is 9.80. The van der Waals surface area contributed by atoms with E-state index in [1.807, 2.05) is 0 Å². The van der Waals surface area contributed by atoms with Gasteiger partial charge in [-0.2, -0.15) is 0 Å². The second-order valence-corrected chi connectivity index (χ2v) is 3.17. The van der Waals surface area contributed by atoms with Crippen LogP contribution >= 0.6 is 0 Å². The van der Waals surface area contributed by atoms with Crippen molar-refractivity contribution >= 4 is 30.7 Å². The Bertz CT molecular complexity index is 431. The van der Waals surface area contributed by atoms with Crippen molar-refractivity contribution in [2.24, 2.45) is 4.99 Å². The summed E-state index contributed by atoms with van der Waals surface area (Å²) in [6.45, 7) is 1.08. The Labute approximate surface area is 115 Å². The van der Waals surface area contributed by atoms with Gasteiger partial charge in [0.2, 0.25) is 0 Å². The van der Waals surface area contributed by atoms with Crippen LogP contribution in [-0.2, 0) is 9.59 Å². The maximum atomic E-state index is 12.2. The van der Waals surface area contributed by atoms with E-state index < -0.39 is 19.1 Å². The molecule has 0 aliphatic heterocycles. The van der Waals surface area contributed by atoms with Gasteiger partial charge in [0.15, 0.2) is 0 Å². The highest BCUT2D eigenvalue weighted by Gasteiger charge is 2.08. The molecule has 4 N–H and O–H groups in total. The minimum Gasteiger partial charge on any atom is -0.481 e. The van der Waals surface area contributed by atoms with E-state index in [-0.39, 0.29) is 5.82 Å². The lowest BCUT2D eigenvalue weighted by Gasteiger charge is -1.95. The highest BCUT2D eigenvalue weighted by molar-refractivity contribution is 6.58. The van der Waals surface area contributed by atoms with Gasteiger partial charge in [0.25, 0.3) is 5.97 Å². The first-order valence-electron chi connectivity index (χ1n) is 5.16. The molecular weight excluding hydrogens is 272 g/mol. The molecule has 0 aliphatic carbocycles. The lowest BCUT2D eigenvalue weighted by molar-refractivity contribution is -0.134. The molecule has 1 aromatic carbocycles. The first-order valence-corrected chi connectivity index (χ1v) is 5.16. The van der Waals surface area contributed by atoms with Crippen LogP contribution in [0.5, 0.6) is 0 Å². The molecule has 0 unspecified atom stereocenters. The fraction of sp³-hybridized carbons (Fsp3) is 0.182. The maximum absolute atomic E-state index is 12.2. The number of halogens is 1. The molecule has 0 radical (unpaired) electrons. The molecule has 110 valence electrons. The van der Waals surface area contributed by atoms with Crippen molar-refractivity contribution in [2.75, 3.05) is 7.05 Å². The van der Waals surface area contributed by atoms with Crippen molar-refractivity contribution in [2.45, 2.75) is 6.92 Å². The molecule has 20 heavy (non-hydrogen) atoms. The highest BCUT2D eigenvalue weighted by atomic mass is 19.1. The van der Waals surface area contributed by atoms with Crippen molar-refractivity contribution in [1.29, 1.82) is 0 Å². The summed E-state index contributed by atoms with van der Waals surface area (Å²) in [4.78, 5) is 21.7. The Morgan fingerprint density at radius 1 is 1.20 bits per heavy atom. The zero-order valence-corrected chi connectivity index (χ0v) is 10.9. The normalized spacial score (nSPS) is 8.85. The Hall–Kier alpha value is -2.26. The van der Waals surface area contributed by atoms with Crippen molar-refractivity contribution in [3.05, 3.63) is 30.1 Å². The van der Waals surface area contributed by atoms with Gasteiger partial charge in [-0.3, -0.25) is 9.79 Å². The summed E-state index contributed by atoms with van der Waals surface area (Å²) in [6.07, 6.45) is 0.833. The predicted molar refractivity (Wildman–Crippen MR) is 71.6 cm³/mol. The van der Waals surface area contributed by atoms with Crippen molar-refractivity contribution in [3.8, 4) is 0 Å². The molecule has 0 fully saturated rings. The molecule has 0 bridgehead atoms. The second kappa shape index (κ2) is 11.8. The molecule has 7 nitrogen and oxygen atoms in total. The van der Waals surface area contributed by atoms with Gasteiger partial charge >= 0.3 is 13.1 Å². The highest BCUT2D eigenvalue weighted by Crippen LogP contribution is 1.92. The molecule has 0 saturated heterocycles. The molecule has 0 aliphatic rings. The van der Waals surface area contributed by atoms with E-state index in [0.29, 0.717) is 5.46 Å². The largest absolute Gasteiger partial charge is 0.488 e. The summed E-state index contributed by atoms with van der Waals surface area (Å²) in [5, 5.41) is 32.3. The number of carbonyl (C=O) groups is 2. The molecule has 0 aromatic heterocycles. The second-order valence-electron chi connectivity index (χ2n) is 3.17. The summed E-state index contributed by atoms with van der Waals surface area (Å²) >= 11 is 0. The number of rotatable bonds is 2. The monoisotopic (exact) mass is 287 g/mol. The average Bonchev–Trinajstić information content (AvgIpc) is 2.29. The van der Waals surface area contributed by atoms with Gasteiger partial charge in [0, 0.05) is 14.0 Å². The fourth-order valence-electron chi connectivity index (χ4n) is 0.745. The number of benzene rings is 1. The Balaban J connectivity index is 0. The van der Waals surface area contributed by atoms with Crippen LogP contribution in [0.25, 0.3) is 0 Å². The molecule has 1 rings (SSSR count). The molecule has 0 heterocycles. The van der Waals surface area contributed by atoms with Gasteiger partial charge in [-0.15, -0.1) is 0 Å². The number of hydrogen-bond acceptors (Lipinski definition) is 5. The molecule has 0 atom stereocenters. The van der Waals surface area contributed by atoms with Crippen LogP contribution in [0.4, 0.5) is 4.39 Å². The third-order valence-corrected chi connectivity index (χ3v) is 1.41. The first kappa shape index (κ1) is 20.1. The Morgan fingerprint density at radius 3 is 1.80 bits per heavy atom. The maximum Gasteiger partial charge on any atom is 0.488 e. The van der Waals surface area contributed by atoms with E-state index in [0.717, 1.165) is 13.1 Å². The summed E-state index contributed by atoms with van der Waals surface area (Å²) in [6, 6.07) is 4.99. The average molecular weight is 287 g/mol. The number of aliphatic imine (C=N–C) groups is 1. The van der Waals surface area contributed by atoms with Crippen LogP contribution in [0, 0.1) is 5.82 Å². The SMILES string of the molecule is CC(=O)O.CN=CC(=O)O.OB(O)c1ccc(F)cc1. The lowest BCUT2D eigenvalue weighted by Crippen LogP contribution is -2.29. The van der Waals surface area contributed by atoms with Crippen LogP contribution in [0.2, 0.25) is 0 Å². The molecular formula is C11H15BFNO6. The van der Waals surface area contributed by atoms with Crippen molar-refractivity contribution in [3.63, 3.8) is 0 Å². The van der Waals surface area contributed by atoms with Gasteiger partial charge in [0.1, 0.15) is 12.0 Å². The van der Waals surface area contributed by atoms with Crippen LogP contribution < -0.4 is 5.46 Å². The Kier molecular flexibility index (Phi) is 11.9.